The van der Waals surface area contributed by atoms with E-state index in [1.165, 1.54) is 12.5 Å². The molecule has 0 aromatic carbocycles. The standard InChI is InChI=1S/C20H38N6O4/c1-4-5-6-7-8-9-12-18(27)24-17(19(28)22-15-13-16(2)3)11-10-14-23-20(21)25-26(29)30/h9,12,16-17H,4-8,10-11,13-15H2,1-3H3,(H,22,28)(H,24,27)(H3,21,23,25)/t17-/m0/s1. The summed E-state index contributed by atoms with van der Waals surface area (Å²) in [7, 11) is 0. The molecule has 5 N–H and O–H groups in total. The van der Waals surface area contributed by atoms with Gasteiger partial charge in [0.25, 0.3) is 5.96 Å². The van der Waals surface area contributed by atoms with Crippen LogP contribution in [0.5, 0.6) is 0 Å². The Morgan fingerprint density at radius 2 is 1.80 bits per heavy atom. The molecule has 0 spiro atoms. The number of rotatable bonds is 16. The van der Waals surface area contributed by atoms with Gasteiger partial charge in [0.2, 0.25) is 11.8 Å². The van der Waals surface area contributed by atoms with Crippen LogP contribution in [0.25, 0.3) is 0 Å². The van der Waals surface area contributed by atoms with Gasteiger partial charge in [0.1, 0.15) is 6.04 Å². The first-order valence-corrected chi connectivity index (χ1v) is 10.7. The average molecular weight is 427 g/mol. The topological polar surface area (TPSA) is 149 Å². The third-order valence-electron chi connectivity index (χ3n) is 4.32. The lowest BCUT2D eigenvalue weighted by Crippen LogP contribution is -2.47. The predicted octanol–water partition coefficient (Wildman–Crippen LogP) is 2.25. The van der Waals surface area contributed by atoms with Gasteiger partial charge >= 0.3 is 0 Å². The summed E-state index contributed by atoms with van der Waals surface area (Å²) in [6.45, 7) is 7.07. The van der Waals surface area contributed by atoms with Crippen molar-refractivity contribution in [1.82, 2.24) is 21.4 Å². The summed E-state index contributed by atoms with van der Waals surface area (Å²) in [5.41, 5.74) is 1.70. The number of nitro groups is 1. The smallest absolute Gasteiger partial charge is 0.251 e. The quantitative estimate of drug-likeness (QED) is 0.0638. The number of hydrogen-bond acceptors (Lipinski definition) is 5. The number of guanidine groups is 1. The first-order chi connectivity index (χ1) is 14.3. The van der Waals surface area contributed by atoms with Gasteiger partial charge in [0, 0.05) is 13.1 Å². The van der Waals surface area contributed by atoms with Crippen molar-refractivity contribution >= 4 is 17.8 Å². The monoisotopic (exact) mass is 426 g/mol. The molecule has 0 aliphatic rings. The molecule has 10 nitrogen and oxygen atoms in total. The van der Waals surface area contributed by atoms with Crippen molar-refractivity contribution in [2.45, 2.75) is 78.2 Å². The zero-order chi connectivity index (χ0) is 22.8. The van der Waals surface area contributed by atoms with E-state index in [0.717, 1.165) is 32.1 Å². The molecule has 2 amide bonds. The van der Waals surface area contributed by atoms with Crippen molar-refractivity contribution in [3.05, 3.63) is 22.3 Å². The molecular formula is C20H38N6O4. The zero-order valence-corrected chi connectivity index (χ0v) is 18.5. The number of allylic oxidation sites excluding steroid dienone is 1. The van der Waals surface area contributed by atoms with Gasteiger partial charge in [-0.15, -0.1) is 0 Å². The van der Waals surface area contributed by atoms with Crippen LogP contribution in [0.1, 0.15) is 72.1 Å². The van der Waals surface area contributed by atoms with Crippen LogP contribution in [0, 0.1) is 21.4 Å². The molecule has 1 atom stereocenters. The molecule has 0 aromatic heterocycles. The van der Waals surface area contributed by atoms with Gasteiger partial charge in [-0.05, 0) is 44.1 Å². The van der Waals surface area contributed by atoms with Gasteiger partial charge in [-0.2, -0.15) is 0 Å². The number of hydrogen-bond donors (Lipinski definition) is 5. The number of unbranched alkanes of at least 4 members (excludes halogenated alkanes) is 4. The number of amides is 2. The van der Waals surface area contributed by atoms with Gasteiger partial charge in [0.15, 0.2) is 5.03 Å². The summed E-state index contributed by atoms with van der Waals surface area (Å²) in [4.78, 5) is 34.9. The second-order valence-electron chi connectivity index (χ2n) is 7.60. The van der Waals surface area contributed by atoms with Crippen molar-refractivity contribution in [2.75, 3.05) is 13.1 Å². The van der Waals surface area contributed by atoms with Gasteiger partial charge in [-0.1, -0.05) is 51.5 Å². The Hall–Kier alpha value is -2.65. The summed E-state index contributed by atoms with van der Waals surface area (Å²) >= 11 is 0. The van der Waals surface area contributed by atoms with E-state index >= 15 is 0 Å². The van der Waals surface area contributed by atoms with E-state index in [0.29, 0.717) is 25.3 Å². The Bertz CT molecular complexity index is 565. The summed E-state index contributed by atoms with van der Waals surface area (Å²) in [6.07, 6.45) is 10.3. The van der Waals surface area contributed by atoms with E-state index in [9.17, 15) is 19.7 Å². The molecule has 172 valence electrons. The van der Waals surface area contributed by atoms with E-state index in [-0.39, 0.29) is 18.4 Å². The van der Waals surface area contributed by atoms with E-state index in [2.05, 4.69) is 36.7 Å². The Kier molecular flexibility index (Phi) is 15.7. The Labute approximate surface area is 179 Å². The third-order valence-corrected chi connectivity index (χ3v) is 4.32. The minimum absolute atomic E-state index is 0.251. The molecule has 0 bridgehead atoms. The van der Waals surface area contributed by atoms with Crippen LogP contribution in [-0.4, -0.2) is 41.9 Å². The normalized spacial score (nSPS) is 11.9. The maximum absolute atomic E-state index is 12.5. The lowest BCUT2D eigenvalue weighted by atomic mass is 10.1. The highest BCUT2D eigenvalue weighted by Gasteiger charge is 2.19. The molecule has 0 radical (unpaired) electrons. The number of hydrazine groups is 1. The van der Waals surface area contributed by atoms with Crippen molar-refractivity contribution in [3.8, 4) is 0 Å². The maximum Gasteiger partial charge on any atom is 0.251 e. The van der Waals surface area contributed by atoms with Gasteiger partial charge in [0.05, 0.1) is 0 Å². The lowest BCUT2D eigenvalue weighted by molar-refractivity contribution is -0.525. The summed E-state index contributed by atoms with van der Waals surface area (Å²) in [6, 6.07) is -0.700. The Balaban J connectivity index is 4.53. The van der Waals surface area contributed by atoms with Crippen molar-refractivity contribution in [1.29, 1.82) is 5.41 Å². The highest BCUT2D eigenvalue weighted by atomic mass is 16.7. The maximum atomic E-state index is 12.5. The van der Waals surface area contributed by atoms with Crippen molar-refractivity contribution in [2.24, 2.45) is 5.92 Å². The summed E-state index contributed by atoms with van der Waals surface area (Å²) in [5.74, 6) is -0.532. The fourth-order valence-corrected chi connectivity index (χ4v) is 2.63. The molecule has 0 fully saturated rings. The summed E-state index contributed by atoms with van der Waals surface area (Å²) in [5, 5.41) is 24.9. The SMILES string of the molecule is CCCCCCC=CC(=O)N[C@@H](CCCNC(=N)N[N+](=O)[O-])C(=O)NCCC(C)C. The number of nitrogens with one attached hydrogen (secondary N) is 5. The van der Waals surface area contributed by atoms with Crippen LogP contribution in [-0.2, 0) is 9.59 Å². The van der Waals surface area contributed by atoms with Crippen LogP contribution >= 0.6 is 0 Å². The van der Waals surface area contributed by atoms with Crippen LogP contribution < -0.4 is 21.4 Å². The molecule has 0 aliphatic carbocycles. The summed E-state index contributed by atoms with van der Waals surface area (Å²) < 4.78 is 0. The molecule has 0 saturated heterocycles. The van der Waals surface area contributed by atoms with Gasteiger partial charge < -0.3 is 16.0 Å². The largest absolute Gasteiger partial charge is 0.354 e. The zero-order valence-electron chi connectivity index (χ0n) is 18.5. The van der Waals surface area contributed by atoms with E-state index in [4.69, 9.17) is 5.41 Å². The highest BCUT2D eigenvalue weighted by molar-refractivity contribution is 5.92. The minimum Gasteiger partial charge on any atom is -0.354 e. The number of nitrogens with zero attached hydrogens (tertiary/aromatic N) is 1. The molecule has 0 saturated carbocycles. The highest BCUT2D eigenvalue weighted by Crippen LogP contribution is 2.03. The molecule has 0 unspecified atom stereocenters. The van der Waals surface area contributed by atoms with Crippen molar-refractivity contribution < 1.29 is 14.6 Å². The van der Waals surface area contributed by atoms with E-state index < -0.39 is 17.0 Å². The second-order valence-corrected chi connectivity index (χ2v) is 7.60. The first-order valence-electron chi connectivity index (χ1n) is 10.7. The molecule has 0 heterocycles. The number of carbonyl (C=O) groups is 2. The lowest BCUT2D eigenvalue weighted by Gasteiger charge is -2.18. The van der Waals surface area contributed by atoms with Crippen LogP contribution in [0.2, 0.25) is 0 Å². The first kappa shape index (κ1) is 27.4. The Morgan fingerprint density at radius 3 is 2.43 bits per heavy atom. The molecule has 10 heteroatoms. The molecular weight excluding hydrogens is 388 g/mol. The molecule has 30 heavy (non-hydrogen) atoms. The van der Waals surface area contributed by atoms with Crippen LogP contribution in [0.4, 0.5) is 0 Å². The van der Waals surface area contributed by atoms with Crippen LogP contribution in [0.3, 0.4) is 0 Å². The minimum atomic E-state index is -0.824. The van der Waals surface area contributed by atoms with Gasteiger partial charge in [-0.25, -0.2) is 10.1 Å². The molecule has 0 rings (SSSR count). The molecule has 0 aromatic rings. The third kappa shape index (κ3) is 16.3. The molecule has 0 aliphatic heterocycles. The van der Waals surface area contributed by atoms with Gasteiger partial charge in [-0.3, -0.25) is 15.0 Å². The van der Waals surface area contributed by atoms with Crippen LogP contribution in [0.15, 0.2) is 12.2 Å². The van der Waals surface area contributed by atoms with E-state index in [1.54, 1.807) is 5.43 Å². The second kappa shape index (κ2) is 17.2. The van der Waals surface area contributed by atoms with E-state index in [1.807, 2.05) is 6.08 Å². The average Bonchev–Trinajstić information content (AvgIpc) is 2.66. The number of carbonyl (C=O) groups excluding carboxylic acids is 2. The predicted molar refractivity (Wildman–Crippen MR) is 117 cm³/mol. The Morgan fingerprint density at radius 1 is 1.07 bits per heavy atom. The fourth-order valence-electron chi connectivity index (χ4n) is 2.63. The fraction of sp³-hybridized carbons (Fsp3) is 0.750. The van der Waals surface area contributed by atoms with Crippen molar-refractivity contribution in [3.63, 3.8) is 0 Å².